The van der Waals surface area contributed by atoms with Crippen LogP contribution in [-0.4, -0.2) is 26.8 Å². The third-order valence-corrected chi connectivity index (χ3v) is 5.23. The van der Waals surface area contributed by atoms with Gasteiger partial charge in [0.25, 0.3) is 11.8 Å². The lowest BCUT2D eigenvalue weighted by Crippen LogP contribution is -2.32. The van der Waals surface area contributed by atoms with Gasteiger partial charge in [0, 0.05) is 24.3 Å². The van der Waals surface area contributed by atoms with E-state index in [9.17, 15) is 9.59 Å². The molecule has 0 unspecified atom stereocenters. The zero-order chi connectivity index (χ0) is 20.8. The second-order valence-corrected chi connectivity index (χ2v) is 7.92. The Balaban J connectivity index is 1.67. The molecule has 2 aromatic heterocycles. The number of aryl methyl sites for hydroxylation is 1. The SMILES string of the molecule is Cc1cccc(CNC(=O)c2csc([C@@H](NC(=O)c3cnccn3)C(C)C)n2)c1. The van der Waals surface area contributed by atoms with Gasteiger partial charge in [0.2, 0.25) is 0 Å². The van der Waals surface area contributed by atoms with Gasteiger partial charge in [0.1, 0.15) is 16.4 Å². The summed E-state index contributed by atoms with van der Waals surface area (Å²) in [6.45, 7) is 6.42. The molecule has 29 heavy (non-hydrogen) atoms. The molecule has 0 aliphatic rings. The zero-order valence-electron chi connectivity index (χ0n) is 16.5. The first-order chi connectivity index (χ1) is 13.9. The van der Waals surface area contributed by atoms with E-state index in [0.29, 0.717) is 17.2 Å². The van der Waals surface area contributed by atoms with Crippen molar-refractivity contribution >= 4 is 23.2 Å². The molecule has 7 nitrogen and oxygen atoms in total. The van der Waals surface area contributed by atoms with Crippen LogP contribution in [0.15, 0.2) is 48.2 Å². The van der Waals surface area contributed by atoms with E-state index in [1.807, 2.05) is 45.0 Å². The van der Waals surface area contributed by atoms with Crippen LogP contribution in [0.2, 0.25) is 0 Å². The first-order valence-electron chi connectivity index (χ1n) is 9.30. The van der Waals surface area contributed by atoms with Crippen molar-refractivity contribution in [2.24, 2.45) is 5.92 Å². The van der Waals surface area contributed by atoms with Crippen molar-refractivity contribution in [3.63, 3.8) is 0 Å². The second kappa shape index (κ2) is 9.38. The second-order valence-electron chi connectivity index (χ2n) is 7.03. The largest absolute Gasteiger partial charge is 0.347 e. The third kappa shape index (κ3) is 5.45. The van der Waals surface area contributed by atoms with Crippen LogP contribution >= 0.6 is 11.3 Å². The normalized spacial score (nSPS) is 11.9. The van der Waals surface area contributed by atoms with Crippen LogP contribution < -0.4 is 10.6 Å². The molecule has 0 spiro atoms. The molecule has 2 amide bonds. The number of nitrogens with zero attached hydrogens (tertiary/aromatic N) is 3. The predicted molar refractivity (Wildman–Crippen MR) is 112 cm³/mol. The molecule has 1 atom stereocenters. The molecule has 3 rings (SSSR count). The molecule has 0 aliphatic carbocycles. The minimum atomic E-state index is -0.326. The first kappa shape index (κ1) is 20.6. The van der Waals surface area contributed by atoms with Crippen LogP contribution in [0, 0.1) is 12.8 Å². The molecule has 0 fully saturated rings. The Kier molecular flexibility index (Phi) is 6.66. The standard InChI is InChI=1S/C21H23N5O2S/c1-13(2)18(26-20(28)16-11-22-7-8-23-16)21-25-17(12-29-21)19(27)24-10-15-6-4-5-14(3)9-15/h4-9,11-13,18H,10H2,1-3H3,(H,24,27)(H,26,28)/t18-/m0/s1. The van der Waals surface area contributed by atoms with Gasteiger partial charge in [0.05, 0.1) is 12.2 Å². The lowest BCUT2D eigenvalue weighted by atomic mass is 10.1. The average molecular weight is 410 g/mol. The van der Waals surface area contributed by atoms with E-state index in [0.717, 1.165) is 11.1 Å². The molecule has 0 bridgehead atoms. The molecule has 0 saturated heterocycles. The minimum Gasteiger partial charge on any atom is -0.347 e. The van der Waals surface area contributed by atoms with Crippen LogP contribution in [0.3, 0.4) is 0 Å². The highest BCUT2D eigenvalue weighted by atomic mass is 32.1. The summed E-state index contributed by atoms with van der Waals surface area (Å²) in [7, 11) is 0. The van der Waals surface area contributed by atoms with Gasteiger partial charge in [-0.2, -0.15) is 0 Å². The Morgan fingerprint density at radius 2 is 1.97 bits per heavy atom. The van der Waals surface area contributed by atoms with Crippen molar-refractivity contribution in [3.8, 4) is 0 Å². The third-order valence-electron chi connectivity index (χ3n) is 4.31. The fourth-order valence-corrected chi connectivity index (χ4v) is 3.80. The number of hydrogen-bond donors (Lipinski definition) is 2. The first-order valence-corrected chi connectivity index (χ1v) is 10.2. The Morgan fingerprint density at radius 1 is 1.14 bits per heavy atom. The number of aromatic nitrogens is 3. The van der Waals surface area contributed by atoms with E-state index in [-0.39, 0.29) is 29.5 Å². The van der Waals surface area contributed by atoms with E-state index in [1.165, 1.54) is 29.9 Å². The number of nitrogens with one attached hydrogen (secondary N) is 2. The molecular weight excluding hydrogens is 386 g/mol. The molecule has 8 heteroatoms. The van der Waals surface area contributed by atoms with E-state index in [2.05, 4.69) is 25.6 Å². The number of carbonyl (C=O) groups excluding carboxylic acids is 2. The van der Waals surface area contributed by atoms with Crippen LogP contribution in [0.1, 0.15) is 57.0 Å². The fourth-order valence-electron chi connectivity index (χ4n) is 2.77. The van der Waals surface area contributed by atoms with E-state index in [4.69, 9.17) is 0 Å². The molecule has 0 aliphatic heterocycles. The Bertz CT molecular complexity index is 988. The highest BCUT2D eigenvalue weighted by Crippen LogP contribution is 2.25. The van der Waals surface area contributed by atoms with E-state index in [1.54, 1.807) is 5.38 Å². The fraction of sp³-hybridized carbons (Fsp3) is 0.286. The van der Waals surface area contributed by atoms with E-state index >= 15 is 0 Å². The number of rotatable bonds is 7. The van der Waals surface area contributed by atoms with Crippen molar-refractivity contribution in [2.75, 3.05) is 0 Å². The highest BCUT2D eigenvalue weighted by Gasteiger charge is 2.24. The molecule has 2 N–H and O–H groups in total. The van der Waals surface area contributed by atoms with Crippen molar-refractivity contribution in [1.29, 1.82) is 0 Å². The molecule has 3 aromatic rings. The summed E-state index contributed by atoms with van der Waals surface area (Å²) in [4.78, 5) is 37.3. The maximum atomic E-state index is 12.5. The van der Waals surface area contributed by atoms with Gasteiger partial charge in [-0.3, -0.25) is 14.6 Å². The van der Waals surface area contributed by atoms with Gasteiger partial charge in [-0.1, -0.05) is 43.7 Å². The van der Waals surface area contributed by atoms with Gasteiger partial charge >= 0.3 is 0 Å². The van der Waals surface area contributed by atoms with Gasteiger partial charge in [-0.15, -0.1) is 11.3 Å². The summed E-state index contributed by atoms with van der Waals surface area (Å²) in [6, 6.07) is 7.65. The topological polar surface area (TPSA) is 96.9 Å². The number of thiazole rings is 1. The number of amides is 2. The predicted octanol–water partition coefficient (Wildman–Crippen LogP) is 3.30. The lowest BCUT2D eigenvalue weighted by Gasteiger charge is -2.19. The van der Waals surface area contributed by atoms with Crippen molar-refractivity contribution in [2.45, 2.75) is 33.4 Å². The summed E-state index contributed by atoms with van der Waals surface area (Å²) < 4.78 is 0. The van der Waals surface area contributed by atoms with E-state index < -0.39 is 0 Å². The molecule has 150 valence electrons. The summed E-state index contributed by atoms with van der Waals surface area (Å²) in [5, 5.41) is 8.22. The Morgan fingerprint density at radius 3 is 2.66 bits per heavy atom. The molecule has 1 aromatic carbocycles. The average Bonchev–Trinajstić information content (AvgIpc) is 3.20. The van der Waals surface area contributed by atoms with Crippen LogP contribution in [-0.2, 0) is 6.54 Å². The van der Waals surface area contributed by atoms with Crippen LogP contribution in [0.25, 0.3) is 0 Å². The van der Waals surface area contributed by atoms with Crippen molar-refractivity contribution in [3.05, 3.63) is 75.8 Å². The molecule has 2 heterocycles. The minimum absolute atomic E-state index is 0.0879. The van der Waals surface area contributed by atoms with Gasteiger partial charge in [-0.05, 0) is 18.4 Å². The summed E-state index contributed by atoms with van der Waals surface area (Å²) in [5.41, 5.74) is 2.76. The maximum Gasteiger partial charge on any atom is 0.272 e. The maximum absolute atomic E-state index is 12.5. The monoisotopic (exact) mass is 409 g/mol. The Labute approximate surface area is 173 Å². The zero-order valence-corrected chi connectivity index (χ0v) is 17.4. The Hall–Kier alpha value is -3.13. The van der Waals surface area contributed by atoms with Gasteiger partial charge < -0.3 is 10.6 Å². The number of carbonyl (C=O) groups is 2. The highest BCUT2D eigenvalue weighted by molar-refractivity contribution is 7.09. The van der Waals surface area contributed by atoms with Gasteiger partial charge in [-0.25, -0.2) is 9.97 Å². The van der Waals surface area contributed by atoms with Crippen LogP contribution in [0.5, 0.6) is 0 Å². The lowest BCUT2D eigenvalue weighted by molar-refractivity contribution is 0.0919. The van der Waals surface area contributed by atoms with Crippen molar-refractivity contribution in [1.82, 2.24) is 25.6 Å². The molecule has 0 saturated carbocycles. The summed E-state index contributed by atoms with van der Waals surface area (Å²) in [5.74, 6) is -0.473. The number of benzene rings is 1. The van der Waals surface area contributed by atoms with Gasteiger partial charge in [0.15, 0.2) is 0 Å². The summed E-state index contributed by atoms with van der Waals surface area (Å²) in [6.07, 6.45) is 4.40. The summed E-state index contributed by atoms with van der Waals surface area (Å²) >= 11 is 1.35. The quantitative estimate of drug-likeness (QED) is 0.624. The number of hydrogen-bond acceptors (Lipinski definition) is 6. The van der Waals surface area contributed by atoms with Crippen LogP contribution in [0.4, 0.5) is 0 Å². The molecular formula is C21H23N5O2S. The molecule has 0 radical (unpaired) electrons. The van der Waals surface area contributed by atoms with Crippen molar-refractivity contribution < 1.29 is 9.59 Å². The smallest absolute Gasteiger partial charge is 0.272 e.